The fourth-order valence-electron chi connectivity index (χ4n) is 3.85. The van der Waals surface area contributed by atoms with E-state index in [1.165, 1.54) is 0 Å². The van der Waals surface area contributed by atoms with Crippen molar-refractivity contribution in [2.24, 2.45) is 0 Å². The van der Waals surface area contributed by atoms with Crippen molar-refractivity contribution in [1.82, 2.24) is 9.78 Å². The van der Waals surface area contributed by atoms with Crippen LogP contribution in [-0.4, -0.2) is 46.9 Å². The maximum atomic E-state index is 12.7. The van der Waals surface area contributed by atoms with Gasteiger partial charge in [0.25, 0.3) is 5.91 Å². The van der Waals surface area contributed by atoms with Gasteiger partial charge in [-0.1, -0.05) is 18.2 Å². The van der Waals surface area contributed by atoms with Crippen LogP contribution < -0.4 is 10.2 Å². The maximum absolute atomic E-state index is 12.7. The summed E-state index contributed by atoms with van der Waals surface area (Å²) in [7, 11) is 0. The lowest BCUT2D eigenvalue weighted by molar-refractivity contribution is -0.386. The Hall–Kier alpha value is -3.72. The third kappa shape index (κ3) is 4.62. The minimum absolute atomic E-state index is 0.0420. The molecule has 9 heteroatoms. The van der Waals surface area contributed by atoms with Crippen LogP contribution in [0.2, 0.25) is 0 Å². The molecule has 3 aromatic rings. The van der Waals surface area contributed by atoms with Gasteiger partial charge < -0.3 is 15.0 Å². The third-order valence-electron chi connectivity index (χ3n) is 5.55. The van der Waals surface area contributed by atoms with Crippen LogP contribution in [0.5, 0.6) is 0 Å². The van der Waals surface area contributed by atoms with Gasteiger partial charge >= 0.3 is 5.69 Å². The molecule has 0 bridgehead atoms. The molecule has 1 N–H and O–H groups in total. The van der Waals surface area contributed by atoms with Crippen LogP contribution in [0, 0.1) is 24.0 Å². The average Bonchev–Trinajstić information content (AvgIpc) is 3.07. The minimum atomic E-state index is -0.407. The summed E-state index contributed by atoms with van der Waals surface area (Å²) in [5.41, 5.74) is 4.16. The molecule has 2 aromatic carbocycles. The first-order valence-electron chi connectivity index (χ1n) is 10.4. The lowest BCUT2D eigenvalue weighted by atomic mass is 10.1. The third-order valence-corrected chi connectivity index (χ3v) is 5.55. The number of anilines is 2. The molecule has 0 saturated carbocycles. The molecule has 4 rings (SSSR count). The van der Waals surface area contributed by atoms with Crippen molar-refractivity contribution in [2.75, 3.05) is 36.5 Å². The average molecular weight is 435 g/mol. The Morgan fingerprint density at radius 2 is 1.88 bits per heavy atom. The van der Waals surface area contributed by atoms with Gasteiger partial charge in [0.15, 0.2) is 0 Å². The van der Waals surface area contributed by atoms with Crippen molar-refractivity contribution < 1.29 is 14.5 Å². The van der Waals surface area contributed by atoms with Gasteiger partial charge in [0.1, 0.15) is 11.4 Å². The predicted molar refractivity (Wildman–Crippen MR) is 121 cm³/mol. The quantitative estimate of drug-likeness (QED) is 0.469. The zero-order valence-corrected chi connectivity index (χ0v) is 18.1. The van der Waals surface area contributed by atoms with E-state index in [1.807, 2.05) is 36.4 Å². The van der Waals surface area contributed by atoms with Gasteiger partial charge in [0.2, 0.25) is 0 Å². The number of carbonyl (C=O) groups excluding carboxylic acids is 1. The summed E-state index contributed by atoms with van der Waals surface area (Å²) in [6, 6.07) is 14.9. The van der Waals surface area contributed by atoms with Crippen LogP contribution in [0.3, 0.4) is 0 Å². The topological polar surface area (TPSA) is 103 Å². The van der Waals surface area contributed by atoms with E-state index in [9.17, 15) is 14.9 Å². The fourth-order valence-corrected chi connectivity index (χ4v) is 3.85. The number of amides is 1. The van der Waals surface area contributed by atoms with Crippen molar-refractivity contribution in [3.05, 3.63) is 81.2 Å². The number of nitro groups is 1. The number of carbonyl (C=O) groups is 1. The van der Waals surface area contributed by atoms with E-state index in [4.69, 9.17) is 4.74 Å². The van der Waals surface area contributed by atoms with Gasteiger partial charge in [-0.2, -0.15) is 5.10 Å². The summed E-state index contributed by atoms with van der Waals surface area (Å²) in [6.07, 6.45) is 0. The first-order chi connectivity index (χ1) is 15.4. The summed E-state index contributed by atoms with van der Waals surface area (Å²) in [5.74, 6) is -0.197. The van der Waals surface area contributed by atoms with E-state index < -0.39 is 4.92 Å². The Morgan fingerprint density at radius 3 is 2.53 bits per heavy atom. The number of hydrogen-bond donors (Lipinski definition) is 1. The number of nitrogens with zero attached hydrogens (tertiary/aromatic N) is 4. The number of aromatic nitrogens is 2. The molecule has 1 fully saturated rings. The number of ether oxygens (including phenoxy) is 1. The number of rotatable bonds is 6. The molecule has 2 heterocycles. The van der Waals surface area contributed by atoms with E-state index in [-0.39, 0.29) is 11.6 Å². The summed E-state index contributed by atoms with van der Waals surface area (Å²) in [5, 5.41) is 18.4. The van der Waals surface area contributed by atoms with Crippen molar-refractivity contribution in [3.8, 4) is 0 Å². The van der Waals surface area contributed by atoms with E-state index in [0.29, 0.717) is 36.7 Å². The standard InChI is InChI=1S/C23H25N5O4/c1-16-22(28(30)31)17(2)27(25-16)15-18-6-8-19(9-7-18)23(29)24-20-4-3-5-21(14-20)26-10-12-32-13-11-26/h3-9,14H,10-13,15H2,1-2H3,(H,24,29). The normalized spacial score (nSPS) is 13.8. The molecular weight excluding hydrogens is 410 g/mol. The van der Waals surface area contributed by atoms with Crippen LogP contribution >= 0.6 is 0 Å². The molecule has 1 aliphatic heterocycles. The largest absolute Gasteiger partial charge is 0.378 e. The molecular formula is C23H25N5O4. The van der Waals surface area contributed by atoms with Crippen LogP contribution in [0.25, 0.3) is 0 Å². The van der Waals surface area contributed by atoms with Crippen LogP contribution in [-0.2, 0) is 11.3 Å². The van der Waals surface area contributed by atoms with E-state index in [2.05, 4.69) is 15.3 Å². The number of hydrogen-bond acceptors (Lipinski definition) is 6. The lowest BCUT2D eigenvalue weighted by Gasteiger charge is -2.29. The van der Waals surface area contributed by atoms with E-state index >= 15 is 0 Å². The molecule has 0 spiro atoms. The van der Waals surface area contributed by atoms with E-state index in [1.54, 1.807) is 30.7 Å². The van der Waals surface area contributed by atoms with Gasteiger partial charge in [0.05, 0.1) is 24.7 Å². The Morgan fingerprint density at radius 1 is 1.16 bits per heavy atom. The smallest absolute Gasteiger partial charge is 0.312 e. The maximum Gasteiger partial charge on any atom is 0.312 e. The monoisotopic (exact) mass is 435 g/mol. The first-order valence-corrected chi connectivity index (χ1v) is 10.4. The van der Waals surface area contributed by atoms with Crippen molar-refractivity contribution in [2.45, 2.75) is 20.4 Å². The van der Waals surface area contributed by atoms with Gasteiger partial charge in [-0.3, -0.25) is 19.6 Å². The summed E-state index contributed by atoms with van der Waals surface area (Å²) in [6.45, 7) is 6.77. The number of aryl methyl sites for hydroxylation is 1. The molecule has 0 atom stereocenters. The second kappa shape index (κ2) is 9.19. The minimum Gasteiger partial charge on any atom is -0.378 e. The van der Waals surface area contributed by atoms with Gasteiger partial charge in [-0.15, -0.1) is 0 Å². The van der Waals surface area contributed by atoms with Crippen LogP contribution in [0.1, 0.15) is 27.3 Å². The first kappa shape index (κ1) is 21.5. The van der Waals surface area contributed by atoms with Crippen LogP contribution in [0.15, 0.2) is 48.5 Å². The van der Waals surface area contributed by atoms with Crippen molar-refractivity contribution >= 4 is 23.0 Å². The fraction of sp³-hybridized carbons (Fsp3) is 0.304. The summed E-state index contributed by atoms with van der Waals surface area (Å²) >= 11 is 0. The highest BCUT2D eigenvalue weighted by molar-refractivity contribution is 6.04. The Balaban J connectivity index is 1.43. The molecule has 0 unspecified atom stereocenters. The van der Waals surface area contributed by atoms with Crippen molar-refractivity contribution in [1.29, 1.82) is 0 Å². The van der Waals surface area contributed by atoms with Crippen LogP contribution in [0.4, 0.5) is 17.1 Å². The highest BCUT2D eigenvalue weighted by Gasteiger charge is 2.21. The highest BCUT2D eigenvalue weighted by atomic mass is 16.6. The molecule has 9 nitrogen and oxygen atoms in total. The van der Waals surface area contributed by atoms with Gasteiger partial charge in [0, 0.05) is 30.0 Å². The number of morpholine rings is 1. The molecule has 0 aliphatic carbocycles. The zero-order chi connectivity index (χ0) is 22.7. The highest BCUT2D eigenvalue weighted by Crippen LogP contribution is 2.23. The molecule has 32 heavy (non-hydrogen) atoms. The Labute approximate surface area is 185 Å². The molecule has 1 saturated heterocycles. The number of benzene rings is 2. The lowest BCUT2D eigenvalue weighted by Crippen LogP contribution is -2.36. The Bertz CT molecular complexity index is 1130. The summed E-state index contributed by atoms with van der Waals surface area (Å²) < 4.78 is 7.01. The van der Waals surface area contributed by atoms with Gasteiger partial charge in [-0.25, -0.2) is 0 Å². The second-order valence-electron chi connectivity index (χ2n) is 7.73. The second-order valence-corrected chi connectivity index (χ2v) is 7.73. The Kier molecular flexibility index (Phi) is 6.18. The molecule has 1 aliphatic rings. The SMILES string of the molecule is Cc1nn(Cc2ccc(C(=O)Nc3cccc(N4CCOCC4)c3)cc2)c(C)c1[N+](=O)[O-]. The molecule has 1 amide bonds. The molecule has 1 aromatic heterocycles. The van der Waals surface area contributed by atoms with E-state index in [0.717, 1.165) is 30.0 Å². The van der Waals surface area contributed by atoms with Crippen molar-refractivity contribution in [3.63, 3.8) is 0 Å². The summed E-state index contributed by atoms with van der Waals surface area (Å²) in [4.78, 5) is 25.7. The van der Waals surface area contributed by atoms with Gasteiger partial charge in [-0.05, 0) is 49.7 Å². The molecule has 166 valence electrons. The number of nitrogens with one attached hydrogen (secondary N) is 1. The predicted octanol–water partition coefficient (Wildman–Crippen LogP) is 3.55. The zero-order valence-electron chi connectivity index (χ0n) is 18.1. The molecule has 0 radical (unpaired) electrons.